The van der Waals surface area contributed by atoms with Gasteiger partial charge in [0.15, 0.2) is 24.7 Å². The minimum Gasteiger partial charge on any atom is -0.493 e. The minimum absolute atomic E-state index is 0.235. The SMILES string of the molecule is COc1ccccc1OCC(=O)OCC(=O)c1cc(C)n(Cc2cccs2)c1C. The molecule has 2 aromatic heterocycles. The molecule has 29 heavy (non-hydrogen) atoms. The van der Waals surface area contributed by atoms with Gasteiger partial charge in [0.25, 0.3) is 0 Å². The van der Waals surface area contributed by atoms with Crippen molar-refractivity contribution in [3.63, 3.8) is 0 Å². The molecule has 0 atom stereocenters. The van der Waals surface area contributed by atoms with Crippen LogP contribution >= 0.6 is 11.3 Å². The number of carbonyl (C=O) groups excluding carboxylic acids is 2. The zero-order chi connectivity index (χ0) is 20.8. The van der Waals surface area contributed by atoms with Crippen molar-refractivity contribution in [2.75, 3.05) is 20.3 Å². The number of aryl methyl sites for hydroxylation is 1. The Morgan fingerprint density at radius 3 is 2.48 bits per heavy atom. The van der Waals surface area contributed by atoms with E-state index in [2.05, 4.69) is 10.6 Å². The second kappa shape index (κ2) is 9.43. The van der Waals surface area contributed by atoms with Crippen molar-refractivity contribution in [2.24, 2.45) is 0 Å². The van der Waals surface area contributed by atoms with Gasteiger partial charge in [0.05, 0.1) is 13.7 Å². The summed E-state index contributed by atoms with van der Waals surface area (Å²) in [5.41, 5.74) is 2.42. The van der Waals surface area contributed by atoms with Crippen molar-refractivity contribution in [2.45, 2.75) is 20.4 Å². The average molecular weight is 413 g/mol. The molecule has 0 spiro atoms. The minimum atomic E-state index is -0.614. The van der Waals surface area contributed by atoms with Crippen molar-refractivity contribution in [3.05, 3.63) is 69.7 Å². The van der Waals surface area contributed by atoms with E-state index in [-0.39, 0.29) is 19.0 Å². The predicted molar refractivity (Wildman–Crippen MR) is 111 cm³/mol. The summed E-state index contributed by atoms with van der Waals surface area (Å²) >= 11 is 1.68. The third kappa shape index (κ3) is 5.06. The topological polar surface area (TPSA) is 66.8 Å². The number of esters is 1. The number of hydrogen-bond donors (Lipinski definition) is 0. The van der Waals surface area contributed by atoms with Gasteiger partial charge in [-0.25, -0.2) is 4.79 Å². The first-order chi connectivity index (χ1) is 14.0. The molecule has 0 N–H and O–H groups in total. The molecule has 3 rings (SSSR count). The average Bonchev–Trinajstić information content (AvgIpc) is 3.34. The van der Waals surface area contributed by atoms with Gasteiger partial charge >= 0.3 is 5.97 Å². The number of Topliss-reactive ketones (excluding diaryl/α,β-unsaturated/α-hetero) is 1. The lowest BCUT2D eigenvalue weighted by molar-refractivity contribution is -0.144. The van der Waals surface area contributed by atoms with E-state index in [1.54, 1.807) is 35.6 Å². The number of rotatable bonds is 9. The van der Waals surface area contributed by atoms with Gasteiger partial charge in [0.2, 0.25) is 5.78 Å². The van der Waals surface area contributed by atoms with Crippen LogP contribution in [0.15, 0.2) is 47.8 Å². The lowest BCUT2D eigenvalue weighted by atomic mass is 10.1. The Bertz CT molecular complexity index is 991. The first-order valence-electron chi connectivity index (χ1n) is 9.13. The van der Waals surface area contributed by atoms with Crippen LogP contribution in [0.4, 0.5) is 0 Å². The van der Waals surface area contributed by atoms with Gasteiger partial charge in [0, 0.05) is 21.8 Å². The van der Waals surface area contributed by atoms with Gasteiger partial charge < -0.3 is 18.8 Å². The van der Waals surface area contributed by atoms with Crippen LogP contribution in [-0.2, 0) is 16.1 Å². The Morgan fingerprint density at radius 2 is 1.79 bits per heavy atom. The van der Waals surface area contributed by atoms with E-state index in [1.165, 1.54) is 12.0 Å². The number of aromatic nitrogens is 1. The van der Waals surface area contributed by atoms with Crippen molar-refractivity contribution < 1.29 is 23.8 Å². The molecule has 0 aliphatic rings. The summed E-state index contributed by atoms with van der Waals surface area (Å²) in [6, 6.07) is 12.9. The van der Waals surface area contributed by atoms with Crippen LogP contribution in [0.25, 0.3) is 0 Å². The smallest absolute Gasteiger partial charge is 0.344 e. The summed E-state index contributed by atoms with van der Waals surface area (Å²) in [5, 5.41) is 2.03. The molecule has 0 fully saturated rings. The zero-order valence-corrected chi connectivity index (χ0v) is 17.5. The highest BCUT2D eigenvalue weighted by molar-refractivity contribution is 7.09. The molecular formula is C22H23NO5S. The molecule has 6 nitrogen and oxygen atoms in total. The fourth-order valence-electron chi connectivity index (χ4n) is 3.03. The van der Waals surface area contributed by atoms with Crippen LogP contribution in [0.3, 0.4) is 0 Å². The first-order valence-corrected chi connectivity index (χ1v) is 10.0. The van der Waals surface area contributed by atoms with Gasteiger partial charge in [-0.3, -0.25) is 4.79 Å². The lowest BCUT2D eigenvalue weighted by Gasteiger charge is -2.10. The molecule has 0 aliphatic heterocycles. The first kappa shape index (κ1) is 20.7. The van der Waals surface area contributed by atoms with Gasteiger partial charge in [0.1, 0.15) is 0 Å². The molecule has 3 aromatic rings. The highest BCUT2D eigenvalue weighted by Crippen LogP contribution is 2.25. The molecule has 0 radical (unpaired) electrons. The van der Waals surface area contributed by atoms with Crippen LogP contribution in [0.5, 0.6) is 11.5 Å². The van der Waals surface area contributed by atoms with E-state index in [0.717, 1.165) is 17.9 Å². The van der Waals surface area contributed by atoms with Gasteiger partial charge in [-0.05, 0) is 43.5 Å². The number of ketones is 1. The lowest BCUT2D eigenvalue weighted by Crippen LogP contribution is -2.20. The molecule has 0 saturated carbocycles. The van der Waals surface area contributed by atoms with Crippen LogP contribution in [0, 0.1) is 13.8 Å². The summed E-state index contributed by atoms with van der Waals surface area (Å²) in [5.74, 6) is 0.114. The molecule has 0 saturated heterocycles. The molecule has 1 aromatic carbocycles. The Morgan fingerprint density at radius 1 is 1.03 bits per heavy atom. The zero-order valence-electron chi connectivity index (χ0n) is 16.6. The fraction of sp³-hybridized carbons (Fsp3) is 0.273. The fourth-order valence-corrected chi connectivity index (χ4v) is 3.72. The van der Waals surface area contributed by atoms with Crippen LogP contribution in [-0.4, -0.2) is 36.6 Å². The molecule has 7 heteroatoms. The number of ether oxygens (including phenoxy) is 3. The Labute approximate surface area is 173 Å². The number of benzene rings is 1. The van der Waals surface area contributed by atoms with Crippen molar-refractivity contribution >= 4 is 23.1 Å². The van der Waals surface area contributed by atoms with Gasteiger partial charge in [-0.1, -0.05) is 18.2 Å². The highest BCUT2D eigenvalue weighted by atomic mass is 32.1. The van der Waals surface area contributed by atoms with Crippen LogP contribution in [0.1, 0.15) is 26.6 Å². The summed E-state index contributed by atoms with van der Waals surface area (Å²) in [6.07, 6.45) is 0. The number of carbonyl (C=O) groups is 2. The Kier molecular flexibility index (Phi) is 6.72. The van der Waals surface area contributed by atoms with Crippen molar-refractivity contribution in [3.8, 4) is 11.5 Å². The summed E-state index contributed by atoms with van der Waals surface area (Å²) in [4.78, 5) is 25.8. The second-order valence-electron chi connectivity index (χ2n) is 6.47. The number of hydrogen-bond acceptors (Lipinski definition) is 6. The predicted octanol–water partition coefficient (Wildman–Crippen LogP) is 4.03. The largest absolute Gasteiger partial charge is 0.493 e. The van der Waals surface area contributed by atoms with Crippen LogP contribution < -0.4 is 9.47 Å². The van der Waals surface area contributed by atoms with E-state index >= 15 is 0 Å². The van der Waals surface area contributed by atoms with E-state index in [4.69, 9.17) is 14.2 Å². The molecule has 0 bridgehead atoms. The number of para-hydroxylation sites is 2. The Balaban J connectivity index is 1.56. The summed E-state index contributed by atoms with van der Waals surface area (Å²) in [7, 11) is 1.52. The molecule has 0 amide bonds. The summed E-state index contributed by atoms with van der Waals surface area (Å²) < 4.78 is 17.8. The third-order valence-electron chi connectivity index (χ3n) is 4.55. The summed E-state index contributed by atoms with van der Waals surface area (Å²) in [6.45, 7) is 3.96. The third-order valence-corrected chi connectivity index (χ3v) is 5.41. The van der Waals surface area contributed by atoms with Gasteiger partial charge in [-0.15, -0.1) is 11.3 Å². The number of nitrogens with zero attached hydrogens (tertiary/aromatic N) is 1. The van der Waals surface area contributed by atoms with E-state index in [0.29, 0.717) is 17.1 Å². The molecule has 152 valence electrons. The monoisotopic (exact) mass is 413 g/mol. The maximum atomic E-state index is 12.6. The van der Waals surface area contributed by atoms with Gasteiger partial charge in [-0.2, -0.15) is 0 Å². The molecular weight excluding hydrogens is 390 g/mol. The van der Waals surface area contributed by atoms with Crippen molar-refractivity contribution in [1.29, 1.82) is 0 Å². The van der Waals surface area contributed by atoms with E-state index in [9.17, 15) is 9.59 Å². The highest BCUT2D eigenvalue weighted by Gasteiger charge is 2.18. The van der Waals surface area contributed by atoms with E-state index in [1.807, 2.05) is 31.4 Å². The van der Waals surface area contributed by atoms with Crippen LogP contribution in [0.2, 0.25) is 0 Å². The maximum absolute atomic E-state index is 12.6. The molecule has 0 aliphatic carbocycles. The normalized spacial score (nSPS) is 10.6. The quantitative estimate of drug-likeness (QED) is 0.391. The maximum Gasteiger partial charge on any atom is 0.344 e. The Hall–Kier alpha value is -3.06. The second-order valence-corrected chi connectivity index (χ2v) is 7.51. The standard InChI is InChI=1S/C22H23NO5S/c1-15-11-18(16(2)23(15)12-17-7-6-10-29-17)19(24)13-28-22(25)14-27-21-9-5-4-8-20(21)26-3/h4-11H,12-14H2,1-3H3. The van der Waals surface area contributed by atoms with Crippen molar-refractivity contribution in [1.82, 2.24) is 4.57 Å². The number of methoxy groups -OCH3 is 1. The number of thiophene rings is 1. The molecule has 0 unspecified atom stereocenters. The van der Waals surface area contributed by atoms with E-state index < -0.39 is 5.97 Å². The molecule has 2 heterocycles.